The molecule has 0 saturated carbocycles. The zero-order valence-electron chi connectivity index (χ0n) is 10.9. The molecule has 0 aromatic carbocycles. The maximum Gasteiger partial charge on any atom is 0.435 e. The maximum absolute atomic E-state index is 12.6. The van der Waals surface area contributed by atoms with Crippen molar-refractivity contribution in [2.24, 2.45) is 5.16 Å². The molecular formula is C11H13F3N4O2. The molecule has 0 bridgehead atoms. The van der Waals surface area contributed by atoms with Gasteiger partial charge in [-0.3, -0.25) is 9.48 Å². The average molecular weight is 290 g/mol. The molecule has 0 fully saturated rings. The van der Waals surface area contributed by atoms with Crippen molar-refractivity contribution in [1.29, 1.82) is 0 Å². The number of oxime groups is 1. The van der Waals surface area contributed by atoms with Gasteiger partial charge in [0.25, 0.3) is 0 Å². The van der Waals surface area contributed by atoms with Gasteiger partial charge in [-0.25, -0.2) is 0 Å². The Hall–Kier alpha value is -2.06. The van der Waals surface area contributed by atoms with Crippen molar-refractivity contribution in [2.45, 2.75) is 39.1 Å². The molecule has 1 amide bonds. The number of hydrogen-bond donors (Lipinski definition) is 1. The fourth-order valence-electron chi connectivity index (χ4n) is 1.80. The van der Waals surface area contributed by atoms with Crippen LogP contribution in [0, 0.1) is 6.92 Å². The second-order valence-corrected chi connectivity index (χ2v) is 4.56. The van der Waals surface area contributed by atoms with Crippen LogP contribution < -0.4 is 5.32 Å². The van der Waals surface area contributed by atoms with E-state index in [1.54, 1.807) is 6.92 Å². The molecule has 2 rings (SSSR count). The van der Waals surface area contributed by atoms with E-state index < -0.39 is 17.8 Å². The Morgan fingerprint density at radius 3 is 2.80 bits per heavy atom. The van der Waals surface area contributed by atoms with Crippen LogP contribution in [0.2, 0.25) is 0 Å². The van der Waals surface area contributed by atoms with E-state index in [2.05, 4.69) is 15.6 Å². The molecule has 0 aliphatic carbocycles. The number of aromatic nitrogens is 2. The van der Waals surface area contributed by atoms with Crippen LogP contribution in [0.5, 0.6) is 0 Å². The Labute approximate surface area is 112 Å². The summed E-state index contributed by atoms with van der Waals surface area (Å²) in [5.41, 5.74) is -1.01. The molecule has 20 heavy (non-hydrogen) atoms. The number of nitrogens with zero attached hydrogens (tertiary/aromatic N) is 3. The quantitative estimate of drug-likeness (QED) is 0.896. The Balaban J connectivity index is 1.98. The summed E-state index contributed by atoms with van der Waals surface area (Å²) in [5.74, 6) is -0.139. The summed E-state index contributed by atoms with van der Waals surface area (Å²) in [7, 11) is 0. The van der Waals surface area contributed by atoms with Crippen molar-refractivity contribution in [1.82, 2.24) is 15.1 Å². The highest BCUT2D eigenvalue weighted by Crippen LogP contribution is 2.30. The van der Waals surface area contributed by atoms with E-state index in [-0.39, 0.29) is 18.2 Å². The number of hydrogen-bond acceptors (Lipinski definition) is 4. The van der Waals surface area contributed by atoms with Crippen LogP contribution in [0.1, 0.15) is 24.6 Å². The summed E-state index contributed by atoms with van der Waals surface area (Å²) in [6.07, 6.45) is -3.01. The Morgan fingerprint density at radius 1 is 1.60 bits per heavy atom. The maximum atomic E-state index is 12.6. The number of halogens is 3. The third kappa shape index (κ3) is 3.28. The van der Waals surface area contributed by atoms with Gasteiger partial charge in [0.2, 0.25) is 5.91 Å². The molecule has 110 valence electrons. The minimum atomic E-state index is -4.52. The molecule has 2 heterocycles. The Kier molecular flexibility index (Phi) is 3.69. The lowest BCUT2D eigenvalue weighted by Gasteiger charge is -2.04. The molecule has 1 N–H and O–H groups in total. The molecule has 1 atom stereocenters. The van der Waals surface area contributed by atoms with Gasteiger partial charge in [-0.1, -0.05) is 5.16 Å². The number of amides is 1. The molecule has 9 heteroatoms. The second-order valence-electron chi connectivity index (χ2n) is 4.56. The molecule has 1 aliphatic heterocycles. The Bertz CT molecular complexity index is 550. The molecule has 1 aromatic rings. The first-order chi connectivity index (χ1) is 9.25. The third-order valence-corrected chi connectivity index (χ3v) is 2.63. The van der Waals surface area contributed by atoms with E-state index in [4.69, 9.17) is 4.84 Å². The largest absolute Gasteiger partial charge is 0.435 e. The molecule has 1 unspecified atom stereocenters. The average Bonchev–Trinajstić information content (AvgIpc) is 2.84. The molecule has 1 aromatic heterocycles. The zero-order valence-corrected chi connectivity index (χ0v) is 10.9. The van der Waals surface area contributed by atoms with Gasteiger partial charge in [0.1, 0.15) is 12.6 Å². The van der Waals surface area contributed by atoms with Crippen molar-refractivity contribution in [3.8, 4) is 0 Å². The number of alkyl halides is 3. The van der Waals surface area contributed by atoms with Gasteiger partial charge in [0, 0.05) is 12.6 Å². The van der Waals surface area contributed by atoms with Crippen LogP contribution in [0.15, 0.2) is 11.4 Å². The minimum Gasteiger partial charge on any atom is -0.391 e. The van der Waals surface area contributed by atoms with E-state index in [0.717, 1.165) is 4.68 Å². The monoisotopic (exact) mass is 290 g/mol. The lowest BCUT2D eigenvalue weighted by atomic mass is 10.3. The number of carbonyl (C=O) groups excluding carboxylic acids is 1. The third-order valence-electron chi connectivity index (χ3n) is 2.63. The van der Waals surface area contributed by atoms with Crippen LogP contribution in [0.4, 0.5) is 13.2 Å². The van der Waals surface area contributed by atoms with Gasteiger partial charge < -0.3 is 10.2 Å². The van der Waals surface area contributed by atoms with E-state index in [1.165, 1.54) is 13.1 Å². The smallest absolute Gasteiger partial charge is 0.391 e. The fraction of sp³-hybridized carbons (Fsp3) is 0.545. The number of nitrogens with one attached hydrogen (secondary N) is 1. The van der Waals surface area contributed by atoms with E-state index in [0.29, 0.717) is 12.3 Å². The van der Waals surface area contributed by atoms with Crippen LogP contribution >= 0.6 is 0 Å². The topological polar surface area (TPSA) is 68.5 Å². The standard InChI is InChI=1S/C11H13F3N4O2/c1-6-4-18(16-10(6)11(12,13)14)5-9(19)15-8-3-7(2)20-17-8/h4,7H,3,5H2,1-2H3,(H,15,17,19). The number of amidine groups is 1. The van der Waals surface area contributed by atoms with Crippen LogP contribution in [-0.4, -0.2) is 27.6 Å². The van der Waals surface area contributed by atoms with Crippen molar-refractivity contribution >= 4 is 11.7 Å². The lowest BCUT2D eigenvalue weighted by Crippen LogP contribution is -2.33. The fourth-order valence-corrected chi connectivity index (χ4v) is 1.80. The summed E-state index contributed by atoms with van der Waals surface area (Å²) >= 11 is 0. The van der Waals surface area contributed by atoms with Crippen LogP contribution in [-0.2, 0) is 22.4 Å². The normalized spacial score (nSPS) is 18.6. The van der Waals surface area contributed by atoms with Gasteiger partial charge >= 0.3 is 6.18 Å². The molecule has 0 radical (unpaired) electrons. The predicted octanol–water partition coefficient (Wildman–Crippen LogP) is 1.45. The highest BCUT2D eigenvalue weighted by molar-refractivity contribution is 5.98. The Morgan fingerprint density at radius 2 is 2.30 bits per heavy atom. The van der Waals surface area contributed by atoms with Gasteiger partial charge in [-0.05, 0) is 19.4 Å². The highest BCUT2D eigenvalue weighted by atomic mass is 19.4. The van der Waals surface area contributed by atoms with Gasteiger partial charge in [-0.2, -0.15) is 18.3 Å². The summed E-state index contributed by atoms with van der Waals surface area (Å²) in [5, 5.41) is 9.47. The molecule has 1 aliphatic rings. The summed E-state index contributed by atoms with van der Waals surface area (Å²) < 4.78 is 38.6. The minimum absolute atomic E-state index is 0.0273. The first kappa shape index (κ1) is 14.4. The number of carbonyl (C=O) groups is 1. The van der Waals surface area contributed by atoms with Gasteiger partial charge in [-0.15, -0.1) is 0 Å². The van der Waals surface area contributed by atoms with E-state index in [9.17, 15) is 18.0 Å². The number of rotatable bonds is 2. The van der Waals surface area contributed by atoms with Gasteiger partial charge in [0.05, 0.1) is 0 Å². The number of aryl methyl sites for hydroxylation is 1. The summed E-state index contributed by atoms with van der Waals surface area (Å²) in [6, 6.07) is 0. The van der Waals surface area contributed by atoms with E-state index in [1.807, 2.05) is 0 Å². The summed E-state index contributed by atoms with van der Waals surface area (Å²) in [6.45, 7) is 2.76. The van der Waals surface area contributed by atoms with E-state index >= 15 is 0 Å². The highest BCUT2D eigenvalue weighted by Gasteiger charge is 2.36. The van der Waals surface area contributed by atoms with Gasteiger partial charge in [0.15, 0.2) is 11.5 Å². The SMILES string of the molecule is Cc1cn(CC(=O)NC2=NOC(C)C2)nc1C(F)(F)F. The first-order valence-electron chi connectivity index (χ1n) is 5.89. The molecule has 0 saturated heterocycles. The lowest BCUT2D eigenvalue weighted by molar-refractivity contribution is -0.142. The molecule has 6 nitrogen and oxygen atoms in total. The molecular weight excluding hydrogens is 277 g/mol. The zero-order chi connectivity index (χ0) is 14.9. The van der Waals surface area contributed by atoms with Crippen molar-refractivity contribution in [3.05, 3.63) is 17.5 Å². The second kappa shape index (κ2) is 5.14. The van der Waals surface area contributed by atoms with Crippen LogP contribution in [0.3, 0.4) is 0 Å². The van der Waals surface area contributed by atoms with Crippen LogP contribution in [0.25, 0.3) is 0 Å². The summed E-state index contributed by atoms with van der Waals surface area (Å²) in [4.78, 5) is 16.5. The van der Waals surface area contributed by atoms with Crippen molar-refractivity contribution < 1.29 is 22.8 Å². The first-order valence-corrected chi connectivity index (χ1v) is 5.89. The van der Waals surface area contributed by atoms with Crippen molar-refractivity contribution in [2.75, 3.05) is 0 Å². The van der Waals surface area contributed by atoms with Crippen molar-refractivity contribution in [3.63, 3.8) is 0 Å². The predicted molar refractivity (Wildman–Crippen MR) is 62.7 cm³/mol. The molecule has 0 spiro atoms.